The van der Waals surface area contributed by atoms with Crippen LogP contribution in [-0.4, -0.2) is 38.5 Å². The van der Waals surface area contributed by atoms with Gasteiger partial charge in [-0.05, 0) is 66.4 Å². The van der Waals surface area contributed by atoms with Crippen LogP contribution in [0, 0.1) is 6.92 Å². The summed E-state index contributed by atoms with van der Waals surface area (Å²) < 4.78 is 10.6. The first kappa shape index (κ1) is 28.0. The molecule has 0 unspecified atom stereocenters. The molecule has 0 saturated heterocycles. The normalized spacial score (nSPS) is 13.1. The van der Waals surface area contributed by atoms with E-state index < -0.39 is 11.8 Å². The molecule has 8 nitrogen and oxygen atoms in total. The van der Waals surface area contributed by atoms with Crippen molar-refractivity contribution in [2.75, 3.05) is 31.0 Å². The molecule has 0 spiro atoms. The summed E-state index contributed by atoms with van der Waals surface area (Å²) in [5.74, 6) is -0.0301. The molecule has 0 radical (unpaired) electrons. The van der Waals surface area contributed by atoms with Gasteiger partial charge in [0.2, 0.25) is 5.91 Å². The Bertz CT molecular complexity index is 1450. The molecule has 0 fully saturated rings. The third-order valence-corrected chi connectivity index (χ3v) is 7.04. The summed E-state index contributed by atoms with van der Waals surface area (Å²) in [7, 11) is 3.16. The summed E-state index contributed by atoms with van der Waals surface area (Å²) in [5.41, 5.74) is 3.29. The summed E-state index contributed by atoms with van der Waals surface area (Å²) in [5, 5.41) is 6.08. The predicted octanol–water partition coefficient (Wildman–Crippen LogP) is 5.00. The molecule has 3 aromatic rings. The lowest BCUT2D eigenvalue weighted by Gasteiger charge is -2.18. The van der Waals surface area contributed by atoms with Crippen LogP contribution in [-0.2, 0) is 27.2 Å². The lowest BCUT2D eigenvalue weighted by atomic mass is 10.1. The van der Waals surface area contributed by atoms with Gasteiger partial charge in [-0.2, -0.15) is 0 Å². The van der Waals surface area contributed by atoms with Gasteiger partial charge in [0.05, 0.1) is 26.3 Å². The first-order valence-corrected chi connectivity index (χ1v) is 12.9. The zero-order valence-electron chi connectivity index (χ0n) is 21.6. The number of hydrogen-bond donors (Lipinski definition) is 2. The Morgan fingerprint density at radius 2 is 1.59 bits per heavy atom. The second kappa shape index (κ2) is 12.2. The molecule has 202 valence electrons. The van der Waals surface area contributed by atoms with E-state index in [0.29, 0.717) is 46.4 Å². The topological polar surface area (TPSA) is 97.0 Å². The summed E-state index contributed by atoms with van der Waals surface area (Å²) in [6.07, 6.45) is 0.832. The average Bonchev–Trinajstić information content (AvgIpc) is 3.14. The molecule has 0 atom stereocenters. The van der Waals surface area contributed by atoms with E-state index in [-0.39, 0.29) is 23.1 Å². The van der Waals surface area contributed by atoms with Crippen molar-refractivity contribution in [3.8, 4) is 11.5 Å². The number of nitrogens with zero attached hydrogens (tertiary/aromatic N) is 1. The fraction of sp³-hybridized carbons (Fsp3) is 0.207. The van der Waals surface area contributed by atoms with Crippen molar-refractivity contribution in [2.45, 2.75) is 19.8 Å². The fourth-order valence-corrected chi connectivity index (χ4v) is 4.53. The van der Waals surface area contributed by atoms with Gasteiger partial charge < -0.3 is 20.1 Å². The summed E-state index contributed by atoms with van der Waals surface area (Å²) in [6, 6.07) is 17.6. The zero-order chi connectivity index (χ0) is 28.1. The number of anilines is 2. The van der Waals surface area contributed by atoms with Crippen LogP contribution in [0.2, 0.25) is 5.02 Å². The van der Waals surface area contributed by atoms with E-state index >= 15 is 0 Å². The molecule has 1 aliphatic heterocycles. The Kier molecular flexibility index (Phi) is 8.79. The number of methoxy groups -OCH3 is 2. The van der Waals surface area contributed by atoms with Gasteiger partial charge in [-0.15, -0.1) is 0 Å². The van der Waals surface area contributed by atoms with Crippen molar-refractivity contribution in [2.24, 2.45) is 0 Å². The zero-order valence-corrected chi connectivity index (χ0v) is 23.2. The molecular formula is C29H27Cl2N3O5. The maximum atomic E-state index is 13.1. The van der Waals surface area contributed by atoms with Crippen LogP contribution < -0.4 is 25.0 Å². The molecule has 3 amide bonds. The molecule has 39 heavy (non-hydrogen) atoms. The van der Waals surface area contributed by atoms with Gasteiger partial charge in [-0.25, -0.2) is 4.90 Å². The van der Waals surface area contributed by atoms with Crippen LogP contribution in [0.1, 0.15) is 16.7 Å². The highest BCUT2D eigenvalue weighted by Crippen LogP contribution is 2.34. The van der Waals surface area contributed by atoms with Gasteiger partial charge in [-0.3, -0.25) is 14.4 Å². The van der Waals surface area contributed by atoms with Crippen LogP contribution in [0.5, 0.6) is 11.5 Å². The minimum absolute atomic E-state index is 0.0262. The monoisotopic (exact) mass is 567 g/mol. The third-order valence-electron chi connectivity index (χ3n) is 6.28. The molecule has 2 N–H and O–H groups in total. The molecule has 0 saturated carbocycles. The van der Waals surface area contributed by atoms with E-state index in [1.165, 1.54) is 0 Å². The highest BCUT2D eigenvalue weighted by Gasteiger charge is 2.39. The number of imide groups is 1. The molecule has 1 aliphatic rings. The Balaban J connectivity index is 1.33. The molecular weight excluding hydrogens is 541 g/mol. The number of halogens is 2. The van der Waals surface area contributed by atoms with Crippen molar-refractivity contribution < 1.29 is 23.9 Å². The van der Waals surface area contributed by atoms with E-state index in [1.807, 2.05) is 18.2 Å². The Hall–Kier alpha value is -4.01. The lowest BCUT2D eigenvalue weighted by molar-refractivity contribution is -0.121. The van der Waals surface area contributed by atoms with Crippen molar-refractivity contribution >= 4 is 52.3 Å². The van der Waals surface area contributed by atoms with Gasteiger partial charge in [-0.1, -0.05) is 47.5 Å². The second-order valence-corrected chi connectivity index (χ2v) is 9.59. The van der Waals surface area contributed by atoms with E-state index in [1.54, 1.807) is 63.6 Å². The van der Waals surface area contributed by atoms with Gasteiger partial charge in [0.25, 0.3) is 11.8 Å². The SMILES string of the molecule is COc1ccc(CCNC(=O)Cc2ccc(NC3=C(Cl)C(=O)N(c4cccc(Cl)c4C)C3=O)cc2)cc1OC. The van der Waals surface area contributed by atoms with Crippen LogP contribution in [0.4, 0.5) is 11.4 Å². The van der Waals surface area contributed by atoms with Crippen molar-refractivity contribution in [3.05, 3.63) is 93.1 Å². The largest absolute Gasteiger partial charge is 0.493 e. The first-order chi connectivity index (χ1) is 18.7. The number of benzene rings is 3. The maximum Gasteiger partial charge on any atom is 0.283 e. The molecule has 0 aromatic heterocycles. The maximum absolute atomic E-state index is 13.1. The minimum atomic E-state index is -0.629. The molecule has 1 heterocycles. The van der Waals surface area contributed by atoms with E-state index in [9.17, 15) is 14.4 Å². The highest BCUT2D eigenvalue weighted by atomic mass is 35.5. The van der Waals surface area contributed by atoms with Crippen LogP contribution in [0.3, 0.4) is 0 Å². The van der Waals surface area contributed by atoms with Gasteiger partial charge in [0.1, 0.15) is 10.7 Å². The number of hydrogen-bond acceptors (Lipinski definition) is 6. The minimum Gasteiger partial charge on any atom is -0.493 e. The fourth-order valence-electron chi connectivity index (χ4n) is 4.15. The number of nitrogens with one attached hydrogen (secondary N) is 2. The smallest absolute Gasteiger partial charge is 0.283 e. The van der Waals surface area contributed by atoms with Crippen LogP contribution >= 0.6 is 23.2 Å². The van der Waals surface area contributed by atoms with Gasteiger partial charge in [0, 0.05) is 17.3 Å². The Morgan fingerprint density at radius 3 is 2.28 bits per heavy atom. The Morgan fingerprint density at radius 1 is 0.897 bits per heavy atom. The van der Waals surface area contributed by atoms with E-state index in [4.69, 9.17) is 32.7 Å². The first-order valence-electron chi connectivity index (χ1n) is 12.1. The summed E-state index contributed by atoms with van der Waals surface area (Å²) in [6.45, 7) is 2.20. The number of carbonyl (C=O) groups is 3. The second-order valence-electron chi connectivity index (χ2n) is 8.81. The molecule has 10 heteroatoms. The van der Waals surface area contributed by atoms with Crippen molar-refractivity contribution in [1.82, 2.24) is 5.32 Å². The average molecular weight is 568 g/mol. The van der Waals surface area contributed by atoms with Gasteiger partial charge in [0.15, 0.2) is 11.5 Å². The third kappa shape index (κ3) is 6.19. The van der Waals surface area contributed by atoms with Crippen molar-refractivity contribution in [3.63, 3.8) is 0 Å². The highest BCUT2D eigenvalue weighted by molar-refractivity contribution is 6.53. The Labute approximate surface area is 236 Å². The number of rotatable bonds is 10. The number of ether oxygens (including phenoxy) is 2. The quantitative estimate of drug-likeness (QED) is 0.334. The van der Waals surface area contributed by atoms with Crippen LogP contribution in [0.15, 0.2) is 71.4 Å². The predicted molar refractivity (Wildman–Crippen MR) is 152 cm³/mol. The molecule has 0 aliphatic carbocycles. The van der Waals surface area contributed by atoms with Crippen LogP contribution in [0.25, 0.3) is 0 Å². The molecule has 3 aromatic carbocycles. The standard InChI is InChI=1S/C29H27Cl2N3O5/c1-17-21(30)5-4-6-22(17)34-28(36)26(31)27(29(34)37)33-20-10-7-18(8-11-20)16-25(35)32-14-13-19-9-12-23(38-2)24(15-19)39-3/h4-12,15,33H,13-14,16H2,1-3H3,(H,32,35). The van der Waals surface area contributed by atoms with Crippen molar-refractivity contribution in [1.29, 1.82) is 0 Å². The van der Waals surface area contributed by atoms with E-state index in [2.05, 4.69) is 10.6 Å². The van der Waals surface area contributed by atoms with E-state index in [0.717, 1.165) is 16.0 Å². The molecule has 0 bridgehead atoms. The number of carbonyl (C=O) groups excluding carboxylic acids is 3. The number of amides is 3. The summed E-state index contributed by atoms with van der Waals surface area (Å²) >= 11 is 12.4. The van der Waals surface area contributed by atoms with Gasteiger partial charge >= 0.3 is 0 Å². The summed E-state index contributed by atoms with van der Waals surface area (Å²) in [4.78, 5) is 39.3. The molecule has 4 rings (SSSR count). The lowest BCUT2D eigenvalue weighted by Crippen LogP contribution is -2.32.